The predicted octanol–water partition coefficient (Wildman–Crippen LogP) is 3.45. The van der Waals surface area contributed by atoms with Gasteiger partial charge in [0, 0.05) is 5.69 Å². The van der Waals surface area contributed by atoms with E-state index in [0.29, 0.717) is 12.8 Å². The summed E-state index contributed by atoms with van der Waals surface area (Å²) in [6, 6.07) is 15.3. The van der Waals surface area contributed by atoms with Gasteiger partial charge in [-0.3, -0.25) is 10.2 Å². The summed E-state index contributed by atoms with van der Waals surface area (Å²) in [4.78, 5) is 25.2. The second-order valence-corrected chi connectivity index (χ2v) is 7.74. The molecule has 6 nitrogen and oxygen atoms in total. The van der Waals surface area contributed by atoms with E-state index in [1.54, 1.807) is 6.92 Å². The Morgan fingerprint density at radius 1 is 1.11 bits per heavy atom. The van der Waals surface area contributed by atoms with Gasteiger partial charge in [0.05, 0.1) is 0 Å². The van der Waals surface area contributed by atoms with Crippen LogP contribution in [0.3, 0.4) is 0 Å². The summed E-state index contributed by atoms with van der Waals surface area (Å²) in [5, 5.41) is 6.93. The number of hydrogen-bond donors (Lipinski definition) is 3. The van der Waals surface area contributed by atoms with Crippen molar-refractivity contribution in [1.29, 1.82) is 0 Å². The number of carbonyl (C=O) groups excluding carboxylic acids is 2. The highest BCUT2D eigenvalue weighted by Crippen LogP contribution is 2.22. The standard InChI is InChI=1S/C21H24N4O2S/c1-14-11-15(2)13-17(12-14)22-19(28)24-25-18(26)21(3,23-20(25)27)10-9-16-7-5-4-6-8-16/h4-8,11-13H,9-10H2,1-3H3,(H,23,27)(H2,22,24,28)/t21-/m0/s1. The van der Waals surface area contributed by atoms with E-state index < -0.39 is 11.6 Å². The average Bonchev–Trinajstić information content (AvgIpc) is 2.83. The van der Waals surface area contributed by atoms with Crippen molar-refractivity contribution in [3.05, 3.63) is 65.2 Å². The number of benzene rings is 2. The zero-order chi connectivity index (χ0) is 20.3. The number of thiocarbonyl (C=S) groups is 1. The van der Waals surface area contributed by atoms with E-state index in [0.717, 1.165) is 27.4 Å². The van der Waals surface area contributed by atoms with Crippen LogP contribution >= 0.6 is 12.2 Å². The minimum absolute atomic E-state index is 0.181. The molecule has 1 aliphatic heterocycles. The maximum Gasteiger partial charge on any atom is 0.344 e. The van der Waals surface area contributed by atoms with Gasteiger partial charge in [0.25, 0.3) is 5.91 Å². The van der Waals surface area contributed by atoms with Crippen LogP contribution in [0.2, 0.25) is 0 Å². The topological polar surface area (TPSA) is 73.5 Å². The van der Waals surface area contributed by atoms with Crippen molar-refractivity contribution in [2.45, 2.75) is 39.2 Å². The summed E-state index contributed by atoms with van der Waals surface area (Å²) in [6.45, 7) is 5.72. The summed E-state index contributed by atoms with van der Waals surface area (Å²) >= 11 is 5.29. The highest BCUT2D eigenvalue weighted by molar-refractivity contribution is 7.80. The second kappa shape index (κ2) is 7.98. The van der Waals surface area contributed by atoms with E-state index in [4.69, 9.17) is 12.2 Å². The summed E-state index contributed by atoms with van der Waals surface area (Å²) in [5.74, 6) is -0.349. The fourth-order valence-electron chi connectivity index (χ4n) is 3.30. The number of imide groups is 1. The van der Waals surface area contributed by atoms with Crippen LogP contribution in [0.15, 0.2) is 48.5 Å². The van der Waals surface area contributed by atoms with E-state index in [9.17, 15) is 9.59 Å². The monoisotopic (exact) mass is 396 g/mol. The SMILES string of the molecule is Cc1cc(C)cc(NC(=S)NN2C(=O)N[C@@](C)(CCc3ccccc3)C2=O)c1. The molecule has 1 atom stereocenters. The van der Waals surface area contributed by atoms with Gasteiger partial charge in [-0.1, -0.05) is 36.4 Å². The van der Waals surface area contributed by atoms with Gasteiger partial charge < -0.3 is 10.6 Å². The normalized spacial score (nSPS) is 18.8. The van der Waals surface area contributed by atoms with Crippen LogP contribution < -0.4 is 16.1 Å². The largest absolute Gasteiger partial charge is 0.344 e. The van der Waals surface area contributed by atoms with Crippen molar-refractivity contribution in [1.82, 2.24) is 15.8 Å². The van der Waals surface area contributed by atoms with Crippen LogP contribution in [0, 0.1) is 13.8 Å². The third-order valence-electron chi connectivity index (χ3n) is 4.71. The highest BCUT2D eigenvalue weighted by atomic mass is 32.1. The van der Waals surface area contributed by atoms with Crippen LogP contribution in [0.5, 0.6) is 0 Å². The molecule has 1 heterocycles. The lowest BCUT2D eigenvalue weighted by atomic mass is 9.93. The number of aryl methyl sites for hydroxylation is 3. The highest BCUT2D eigenvalue weighted by Gasteiger charge is 2.48. The Bertz CT molecular complexity index is 896. The molecule has 0 aliphatic carbocycles. The molecule has 0 aromatic heterocycles. The van der Waals surface area contributed by atoms with Gasteiger partial charge in [-0.25, -0.2) is 4.79 Å². The lowest BCUT2D eigenvalue weighted by Gasteiger charge is -2.22. The number of anilines is 1. The summed E-state index contributed by atoms with van der Waals surface area (Å²) in [6.07, 6.45) is 1.18. The van der Waals surface area contributed by atoms with Crippen molar-refractivity contribution in [3.8, 4) is 0 Å². The van der Waals surface area contributed by atoms with Gasteiger partial charge in [0.1, 0.15) is 5.54 Å². The summed E-state index contributed by atoms with van der Waals surface area (Å²) < 4.78 is 0. The predicted molar refractivity (Wildman–Crippen MR) is 114 cm³/mol. The lowest BCUT2D eigenvalue weighted by Crippen LogP contribution is -2.50. The molecule has 2 aromatic rings. The first kappa shape index (κ1) is 19.8. The van der Waals surface area contributed by atoms with Gasteiger partial charge in [-0.15, -0.1) is 0 Å². The fourth-order valence-corrected chi connectivity index (χ4v) is 3.51. The summed E-state index contributed by atoms with van der Waals surface area (Å²) in [5.41, 5.74) is 5.83. The van der Waals surface area contributed by atoms with E-state index in [1.807, 2.05) is 56.3 Å². The fraction of sp³-hybridized carbons (Fsp3) is 0.286. The van der Waals surface area contributed by atoms with Crippen LogP contribution in [0.4, 0.5) is 10.5 Å². The molecule has 0 radical (unpaired) electrons. The number of hydrazine groups is 1. The third-order valence-corrected chi connectivity index (χ3v) is 4.90. The van der Waals surface area contributed by atoms with Crippen molar-refractivity contribution < 1.29 is 9.59 Å². The number of rotatable bonds is 5. The number of carbonyl (C=O) groups is 2. The van der Waals surface area contributed by atoms with Gasteiger partial charge in [-0.2, -0.15) is 5.01 Å². The van der Waals surface area contributed by atoms with E-state index >= 15 is 0 Å². The molecule has 0 unspecified atom stereocenters. The zero-order valence-electron chi connectivity index (χ0n) is 16.2. The molecular formula is C21H24N4O2S. The number of urea groups is 1. The Balaban J connectivity index is 1.63. The Morgan fingerprint density at radius 3 is 2.39 bits per heavy atom. The van der Waals surface area contributed by atoms with Crippen molar-refractivity contribution >= 4 is 35.0 Å². The average molecular weight is 397 g/mol. The molecule has 1 aliphatic rings. The Labute approximate surface area is 170 Å². The zero-order valence-corrected chi connectivity index (χ0v) is 17.0. The number of nitrogens with one attached hydrogen (secondary N) is 3. The molecular weight excluding hydrogens is 372 g/mol. The molecule has 0 spiro atoms. The molecule has 2 aromatic carbocycles. The van der Waals surface area contributed by atoms with Crippen LogP contribution in [0.1, 0.15) is 30.0 Å². The van der Waals surface area contributed by atoms with E-state index in [-0.39, 0.29) is 11.0 Å². The van der Waals surface area contributed by atoms with Crippen LogP contribution in [-0.4, -0.2) is 27.6 Å². The minimum Gasteiger partial charge on any atom is -0.331 e. The van der Waals surface area contributed by atoms with Gasteiger partial charge in [0.2, 0.25) is 0 Å². The Hall–Kier alpha value is -2.93. The maximum absolute atomic E-state index is 12.8. The lowest BCUT2D eigenvalue weighted by molar-refractivity contribution is -0.132. The molecule has 3 amide bonds. The third kappa shape index (κ3) is 4.48. The summed E-state index contributed by atoms with van der Waals surface area (Å²) in [7, 11) is 0. The van der Waals surface area contributed by atoms with Crippen molar-refractivity contribution in [2.75, 3.05) is 5.32 Å². The van der Waals surface area contributed by atoms with Crippen molar-refractivity contribution in [3.63, 3.8) is 0 Å². The smallest absolute Gasteiger partial charge is 0.331 e. The molecule has 0 saturated carbocycles. The first-order valence-electron chi connectivity index (χ1n) is 9.13. The van der Waals surface area contributed by atoms with Gasteiger partial charge in [0.15, 0.2) is 5.11 Å². The first-order valence-corrected chi connectivity index (χ1v) is 9.54. The Kier molecular flexibility index (Phi) is 5.65. The quantitative estimate of drug-likeness (QED) is 0.533. The molecule has 146 valence electrons. The molecule has 1 saturated heterocycles. The maximum atomic E-state index is 12.8. The first-order chi connectivity index (χ1) is 13.3. The minimum atomic E-state index is -0.977. The van der Waals surface area contributed by atoms with Gasteiger partial charge >= 0.3 is 6.03 Å². The molecule has 0 bridgehead atoms. The van der Waals surface area contributed by atoms with E-state index in [1.165, 1.54) is 0 Å². The second-order valence-electron chi connectivity index (χ2n) is 7.33. The Morgan fingerprint density at radius 2 is 1.75 bits per heavy atom. The number of amides is 3. The molecule has 7 heteroatoms. The molecule has 1 fully saturated rings. The van der Waals surface area contributed by atoms with Crippen LogP contribution in [-0.2, 0) is 11.2 Å². The number of hydrogen-bond acceptors (Lipinski definition) is 3. The van der Waals surface area contributed by atoms with Crippen molar-refractivity contribution in [2.24, 2.45) is 0 Å². The van der Waals surface area contributed by atoms with E-state index in [2.05, 4.69) is 22.1 Å². The van der Waals surface area contributed by atoms with Crippen LogP contribution in [0.25, 0.3) is 0 Å². The number of nitrogens with zero attached hydrogens (tertiary/aromatic N) is 1. The molecule has 3 rings (SSSR count). The molecule has 3 N–H and O–H groups in total. The molecule has 28 heavy (non-hydrogen) atoms. The van der Waals surface area contributed by atoms with Gasteiger partial charge in [-0.05, 0) is 74.7 Å².